The normalized spacial score (nSPS) is 7.00. The van der Waals surface area contributed by atoms with Gasteiger partial charge in [0.2, 0.25) is 0 Å². The molecule has 0 spiro atoms. The Labute approximate surface area is 40.4 Å². The maximum Gasteiger partial charge on any atom is 0.374 e. The second-order valence-electron chi connectivity index (χ2n) is 0.765. The van der Waals surface area contributed by atoms with Gasteiger partial charge in [0.05, 0.1) is 0 Å². The first-order chi connectivity index (χ1) is 3.27. The zero-order valence-corrected chi connectivity index (χ0v) is 3.67. The molecular formula is C3H3NO3. The van der Waals surface area contributed by atoms with E-state index >= 15 is 0 Å². The third-order valence-electron chi connectivity index (χ3n) is 0.211. The van der Waals surface area contributed by atoms with E-state index in [2.05, 4.69) is 10.3 Å². The SMILES string of the molecule is CC(=O)O[N][C]=O. The van der Waals surface area contributed by atoms with E-state index in [0.29, 0.717) is 0 Å². The van der Waals surface area contributed by atoms with Gasteiger partial charge in [-0.3, -0.25) is 4.79 Å². The summed E-state index contributed by atoms with van der Waals surface area (Å²) in [5.74, 6) is -0.622. The molecular weight excluding hydrogens is 98.0 g/mol. The van der Waals surface area contributed by atoms with Gasteiger partial charge >= 0.3 is 12.4 Å². The summed E-state index contributed by atoms with van der Waals surface area (Å²) in [5.41, 5.74) is 2.52. The molecule has 1 amide bonds. The fourth-order valence-corrected chi connectivity index (χ4v) is 0.0829. The van der Waals surface area contributed by atoms with Gasteiger partial charge < -0.3 is 4.84 Å². The topological polar surface area (TPSA) is 57.5 Å². The van der Waals surface area contributed by atoms with Gasteiger partial charge in [-0.25, -0.2) is 4.79 Å². The molecule has 0 saturated carbocycles. The predicted octanol–water partition coefficient (Wildman–Crippen LogP) is -0.864. The summed E-state index contributed by atoms with van der Waals surface area (Å²) in [5, 5.41) is 0. The van der Waals surface area contributed by atoms with Crippen molar-refractivity contribution in [3.05, 3.63) is 0 Å². The summed E-state index contributed by atoms with van der Waals surface area (Å²) in [4.78, 5) is 22.6. The first kappa shape index (κ1) is 5.94. The van der Waals surface area contributed by atoms with Crippen molar-refractivity contribution >= 4 is 12.4 Å². The predicted molar refractivity (Wildman–Crippen MR) is 19.6 cm³/mol. The van der Waals surface area contributed by atoms with Crippen LogP contribution in [0.15, 0.2) is 0 Å². The Kier molecular flexibility index (Phi) is 2.67. The van der Waals surface area contributed by atoms with Crippen LogP contribution in [0.2, 0.25) is 0 Å². The van der Waals surface area contributed by atoms with Crippen LogP contribution in [0.4, 0.5) is 0 Å². The van der Waals surface area contributed by atoms with Gasteiger partial charge in [0.25, 0.3) is 0 Å². The lowest BCUT2D eigenvalue weighted by Crippen LogP contribution is -2.07. The maximum atomic E-state index is 9.71. The summed E-state index contributed by atoms with van der Waals surface area (Å²) < 4.78 is 0. The molecule has 0 rings (SSSR count). The van der Waals surface area contributed by atoms with Gasteiger partial charge in [-0.2, -0.15) is 0 Å². The number of hydroxylamine groups is 1. The Balaban J connectivity index is 2.97. The summed E-state index contributed by atoms with van der Waals surface area (Å²) >= 11 is 0. The van der Waals surface area contributed by atoms with E-state index in [1.165, 1.54) is 0 Å². The van der Waals surface area contributed by atoms with Crippen LogP contribution < -0.4 is 5.48 Å². The third kappa shape index (κ3) is 4.94. The molecule has 0 aliphatic rings. The smallest absolute Gasteiger partial charge is 0.314 e. The third-order valence-corrected chi connectivity index (χ3v) is 0.211. The molecule has 38 valence electrons. The summed E-state index contributed by atoms with van der Waals surface area (Å²) in [7, 11) is 0. The highest BCUT2D eigenvalue weighted by Gasteiger charge is 1.88. The summed E-state index contributed by atoms with van der Waals surface area (Å²) in [6.45, 7) is 1.14. The largest absolute Gasteiger partial charge is 0.374 e. The molecule has 0 bridgehead atoms. The molecule has 4 nitrogen and oxygen atoms in total. The average molecular weight is 101 g/mol. The summed E-state index contributed by atoms with van der Waals surface area (Å²) in [6, 6.07) is 0. The number of amides is 1. The molecule has 2 radical (unpaired) electrons. The Hall–Kier alpha value is -1.06. The van der Waals surface area contributed by atoms with E-state index in [-0.39, 0.29) is 0 Å². The van der Waals surface area contributed by atoms with Crippen LogP contribution in [0, 0.1) is 0 Å². The first-order valence-electron chi connectivity index (χ1n) is 1.52. The molecule has 0 aromatic heterocycles. The van der Waals surface area contributed by atoms with Crippen LogP contribution in [0.1, 0.15) is 6.92 Å². The van der Waals surface area contributed by atoms with Gasteiger partial charge in [0, 0.05) is 6.92 Å². The number of carbonyl (C=O) groups is 1. The van der Waals surface area contributed by atoms with Crippen molar-refractivity contribution in [2.24, 2.45) is 0 Å². The summed E-state index contributed by atoms with van der Waals surface area (Å²) in [6.07, 6.45) is 1.03. The van der Waals surface area contributed by atoms with Gasteiger partial charge in [0.15, 0.2) is 0 Å². The highest BCUT2D eigenvalue weighted by molar-refractivity contribution is 5.66. The Bertz CT molecular complexity index is 80.2. The van der Waals surface area contributed by atoms with E-state index in [0.717, 1.165) is 13.3 Å². The van der Waals surface area contributed by atoms with Gasteiger partial charge in [0.1, 0.15) is 0 Å². The number of carbonyl (C=O) groups excluding carboxylic acids is 2. The molecule has 0 saturated heterocycles. The number of hydrogen-bond acceptors (Lipinski definition) is 3. The molecule has 0 fully saturated rings. The van der Waals surface area contributed by atoms with Crippen LogP contribution in [-0.2, 0) is 14.4 Å². The van der Waals surface area contributed by atoms with Crippen LogP contribution in [0.3, 0.4) is 0 Å². The maximum absolute atomic E-state index is 9.71. The fraction of sp³-hybridized carbons (Fsp3) is 0.333. The number of rotatable bonds is 2. The molecule has 0 aliphatic carbocycles. The second-order valence-corrected chi connectivity index (χ2v) is 0.765. The standard InChI is InChI=1S/C3H3NO3/c1-3(6)7-4-2-5/h1H3. The minimum absolute atomic E-state index is 0.622. The Morgan fingerprint density at radius 3 is 2.57 bits per heavy atom. The zero-order chi connectivity index (χ0) is 5.70. The van der Waals surface area contributed by atoms with Crippen molar-refractivity contribution in [1.82, 2.24) is 5.48 Å². The van der Waals surface area contributed by atoms with Gasteiger partial charge in [-0.1, -0.05) is 0 Å². The molecule has 7 heavy (non-hydrogen) atoms. The van der Waals surface area contributed by atoms with Crippen molar-refractivity contribution in [3.63, 3.8) is 0 Å². The van der Waals surface area contributed by atoms with Crippen LogP contribution in [0.5, 0.6) is 0 Å². The average Bonchev–Trinajstić information content (AvgIpc) is 1.61. The molecule has 4 heteroatoms. The van der Waals surface area contributed by atoms with Crippen molar-refractivity contribution in [2.75, 3.05) is 0 Å². The first-order valence-corrected chi connectivity index (χ1v) is 1.52. The lowest BCUT2D eigenvalue weighted by atomic mass is 10.8. The van der Waals surface area contributed by atoms with Crippen molar-refractivity contribution in [3.8, 4) is 0 Å². The van der Waals surface area contributed by atoms with Crippen molar-refractivity contribution in [1.29, 1.82) is 0 Å². The van der Waals surface area contributed by atoms with E-state index in [1.54, 1.807) is 0 Å². The van der Waals surface area contributed by atoms with E-state index in [4.69, 9.17) is 4.79 Å². The van der Waals surface area contributed by atoms with Crippen LogP contribution in [-0.4, -0.2) is 12.4 Å². The highest BCUT2D eigenvalue weighted by atomic mass is 16.7. The molecule has 0 aromatic carbocycles. The molecule has 0 atom stereocenters. The van der Waals surface area contributed by atoms with Crippen molar-refractivity contribution in [2.45, 2.75) is 6.92 Å². The minimum atomic E-state index is -0.622. The molecule has 0 aromatic rings. The monoisotopic (exact) mass is 101 g/mol. The molecule has 0 aliphatic heterocycles. The van der Waals surface area contributed by atoms with Crippen LogP contribution >= 0.6 is 0 Å². The quantitative estimate of drug-likeness (QED) is 0.425. The van der Waals surface area contributed by atoms with E-state index in [9.17, 15) is 4.79 Å². The van der Waals surface area contributed by atoms with Gasteiger partial charge in [-0.15, -0.1) is 0 Å². The molecule has 0 unspecified atom stereocenters. The fourth-order valence-electron chi connectivity index (χ4n) is 0.0829. The Morgan fingerprint density at radius 2 is 2.43 bits per heavy atom. The highest BCUT2D eigenvalue weighted by Crippen LogP contribution is 1.64. The zero-order valence-electron chi connectivity index (χ0n) is 3.67. The molecule has 0 N–H and O–H groups in total. The van der Waals surface area contributed by atoms with E-state index < -0.39 is 5.97 Å². The second kappa shape index (κ2) is 3.14. The number of hydrogen-bond donors (Lipinski definition) is 0. The van der Waals surface area contributed by atoms with Gasteiger partial charge in [-0.05, 0) is 5.48 Å². The minimum Gasteiger partial charge on any atom is -0.314 e. The number of nitrogens with zero attached hydrogens (tertiary/aromatic N) is 1. The van der Waals surface area contributed by atoms with Crippen molar-refractivity contribution < 1.29 is 14.4 Å². The molecule has 0 heterocycles. The lowest BCUT2D eigenvalue weighted by Gasteiger charge is -1.84. The van der Waals surface area contributed by atoms with Crippen LogP contribution in [0.25, 0.3) is 0 Å². The Morgan fingerprint density at radius 1 is 1.86 bits per heavy atom. The van der Waals surface area contributed by atoms with E-state index in [1.807, 2.05) is 0 Å². The lowest BCUT2D eigenvalue weighted by molar-refractivity contribution is -0.145.